The summed E-state index contributed by atoms with van der Waals surface area (Å²) in [5.74, 6) is 0.305. The van der Waals surface area contributed by atoms with Gasteiger partial charge in [-0.15, -0.1) is 0 Å². The van der Waals surface area contributed by atoms with E-state index in [1.54, 1.807) is 54.6 Å². The molecule has 150 valence electrons. The second kappa shape index (κ2) is 9.39. The van der Waals surface area contributed by atoms with Crippen molar-refractivity contribution < 1.29 is 17.9 Å². The predicted octanol–water partition coefficient (Wildman–Crippen LogP) is 3.99. The first-order valence-corrected chi connectivity index (χ1v) is 11.0. The zero-order valence-corrected chi connectivity index (χ0v) is 17.0. The molecule has 3 aromatic carbocycles. The van der Waals surface area contributed by atoms with E-state index in [2.05, 4.69) is 5.32 Å². The molecule has 0 aromatic heterocycles. The number of rotatable bonds is 8. The van der Waals surface area contributed by atoms with Crippen molar-refractivity contribution in [3.63, 3.8) is 0 Å². The lowest BCUT2D eigenvalue weighted by Gasteiger charge is -2.11. The summed E-state index contributed by atoms with van der Waals surface area (Å²) in [6.45, 7) is 2.77. The van der Waals surface area contributed by atoms with Crippen LogP contribution in [0.5, 0.6) is 5.75 Å². The largest absolute Gasteiger partial charge is 0.494 e. The number of amides is 1. The van der Waals surface area contributed by atoms with Crippen molar-refractivity contribution >= 4 is 15.7 Å². The maximum absolute atomic E-state index is 12.6. The van der Waals surface area contributed by atoms with Crippen molar-refractivity contribution in [3.05, 3.63) is 95.6 Å². The van der Waals surface area contributed by atoms with Crippen molar-refractivity contribution in [2.24, 2.45) is 0 Å². The smallest absolute Gasteiger partial charge is 0.251 e. The zero-order chi connectivity index (χ0) is 20.7. The average molecular weight is 410 g/mol. The van der Waals surface area contributed by atoms with Gasteiger partial charge in [0.1, 0.15) is 5.75 Å². The van der Waals surface area contributed by atoms with E-state index in [1.165, 1.54) is 0 Å². The maximum Gasteiger partial charge on any atom is 0.251 e. The van der Waals surface area contributed by atoms with Crippen LogP contribution in [-0.4, -0.2) is 20.9 Å². The molecule has 0 atom stereocenters. The van der Waals surface area contributed by atoms with Gasteiger partial charge in [0.2, 0.25) is 0 Å². The standard InChI is InChI=1S/C23H23NO4S/c1-2-28-22-14-7-6-10-20(22)16-24-23(25)19-11-8-9-18(15-19)17-29(26,27)21-12-4-3-5-13-21/h3-15H,2,16-17H2,1H3,(H,24,25). The number of sulfone groups is 1. The van der Waals surface area contributed by atoms with Crippen molar-refractivity contribution in [1.82, 2.24) is 5.32 Å². The van der Waals surface area contributed by atoms with Gasteiger partial charge in [0.05, 0.1) is 17.3 Å². The van der Waals surface area contributed by atoms with Crippen LogP contribution < -0.4 is 10.1 Å². The van der Waals surface area contributed by atoms with Gasteiger partial charge >= 0.3 is 0 Å². The van der Waals surface area contributed by atoms with Gasteiger partial charge in [-0.1, -0.05) is 48.5 Å². The van der Waals surface area contributed by atoms with E-state index in [-0.39, 0.29) is 16.6 Å². The Bertz CT molecular complexity index is 1080. The average Bonchev–Trinajstić information content (AvgIpc) is 2.73. The first kappa shape index (κ1) is 20.6. The SMILES string of the molecule is CCOc1ccccc1CNC(=O)c1cccc(CS(=O)(=O)c2ccccc2)c1. The first-order valence-electron chi connectivity index (χ1n) is 9.35. The quantitative estimate of drug-likeness (QED) is 0.611. The summed E-state index contributed by atoms with van der Waals surface area (Å²) in [5.41, 5.74) is 1.86. The third-order valence-electron chi connectivity index (χ3n) is 4.36. The number of ether oxygens (including phenoxy) is 1. The van der Waals surface area contributed by atoms with Crippen LogP contribution in [-0.2, 0) is 22.1 Å². The number of hydrogen-bond donors (Lipinski definition) is 1. The van der Waals surface area contributed by atoms with Crippen LogP contribution in [0.2, 0.25) is 0 Å². The Hall–Kier alpha value is -3.12. The molecular formula is C23H23NO4S. The minimum Gasteiger partial charge on any atom is -0.494 e. The molecule has 29 heavy (non-hydrogen) atoms. The van der Waals surface area contributed by atoms with Crippen LogP contribution in [0.3, 0.4) is 0 Å². The lowest BCUT2D eigenvalue weighted by Crippen LogP contribution is -2.23. The molecule has 1 N–H and O–H groups in total. The van der Waals surface area contributed by atoms with E-state index in [0.717, 1.165) is 11.3 Å². The number of para-hydroxylation sites is 1. The van der Waals surface area contributed by atoms with Crippen LogP contribution in [0.4, 0.5) is 0 Å². The second-order valence-corrected chi connectivity index (χ2v) is 8.49. The predicted molar refractivity (Wildman–Crippen MR) is 113 cm³/mol. The molecule has 3 rings (SSSR count). The van der Waals surface area contributed by atoms with E-state index in [0.29, 0.717) is 24.3 Å². The highest BCUT2D eigenvalue weighted by Crippen LogP contribution is 2.19. The lowest BCUT2D eigenvalue weighted by atomic mass is 10.1. The highest BCUT2D eigenvalue weighted by atomic mass is 32.2. The molecule has 0 saturated heterocycles. The Morgan fingerprint density at radius 2 is 1.66 bits per heavy atom. The number of carbonyl (C=O) groups excluding carboxylic acids is 1. The third-order valence-corrected chi connectivity index (χ3v) is 6.06. The number of nitrogens with one attached hydrogen (secondary N) is 1. The lowest BCUT2D eigenvalue weighted by molar-refractivity contribution is 0.0950. The maximum atomic E-state index is 12.6. The highest BCUT2D eigenvalue weighted by molar-refractivity contribution is 7.90. The Labute approximate surface area is 171 Å². The molecule has 0 saturated carbocycles. The summed E-state index contributed by atoms with van der Waals surface area (Å²) < 4.78 is 30.7. The topological polar surface area (TPSA) is 72.5 Å². The van der Waals surface area contributed by atoms with Crippen molar-refractivity contribution in [3.8, 4) is 5.75 Å². The zero-order valence-electron chi connectivity index (χ0n) is 16.2. The Kier molecular flexibility index (Phi) is 6.67. The van der Waals surface area contributed by atoms with Gasteiger partial charge in [0.15, 0.2) is 9.84 Å². The van der Waals surface area contributed by atoms with Crippen LogP contribution in [0.1, 0.15) is 28.4 Å². The molecule has 0 aliphatic heterocycles. The second-order valence-electron chi connectivity index (χ2n) is 6.50. The number of benzene rings is 3. The molecule has 0 aliphatic carbocycles. The Morgan fingerprint density at radius 1 is 0.931 bits per heavy atom. The van der Waals surface area contributed by atoms with E-state index in [4.69, 9.17) is 4.74 Å². The molecule has 1 amide bonds. The van der Waals surface area contributed by atoms with Gasteiger partial charge in [0.25, 0.3) is 5.91 Å². The van der Waals surface area contributed by atoms with Gasteiger partial charge < -0.3 is 10.1 Å². The molecular weight excluding hydrogens is 386 g/mol. The molecule has 0 heterocycles. The summed E-state index contributed by atoms with van der Waals surface area (Å²) in [7, 11) is -3.47. The van der Waals surface area contributed by atoms with Crippen LogP contribution in [0.25, 0.3) is 0 Å². The van der Waals surface area contributed by atoms with Gasteiger partial charge in [0, 0.05) is 17.7 Å². The number of carbonyl (C=O) groups is 1. The number of hydrogen-bond acceptors (Lipinski definition) is 4. The molecule has 0 fully saturated rings. The van der Waals surface area contributed by atoms with E-state index in [1.807, 2.05) is 31.2 Å². The summed E-state index contributed by atoms with van der Waals surface area (Å²) in [4.78, 5) is 12.8. The van der Waals surface area contributed by atoms with E-state index >= 15 is 0 Å². The summed E-state index contributed by atoms with van der Waals surface area (Å²) in [6, 6.07) is 22.5. The van der Waals surface area contributed by atoms with Gasteiger partial charge in [-0.25, -0.2) is 8.42 Å². The summed E-state index contributed by atoms with van der Waals surface area (Å²) in [6.07, 6.45) is 0. The van der Waals surface area contributed by atoms with Gasteiger partial charge in [-0.3, -0.25) is 4.79 Å². The summed E-state index contributed by atoms with van der Waals surface area (Å²) in [5, 5.41) is 2.87. The van der Waals surface area contributed by atoms with Crippen LogP contribution in [0, 0.1) is 0 Å². The fourth-order valence-electron chi connectivity index (χ4n) is 2.96. The molecule has 3 aromatic rings. The van der Waals surface area contributed by atoms with Crippen LogP contribution in [0.15, 0.2) is 83.8 Å². The minimum atomic E-state index is -3.47. The van der Waals surface area contributed by atoms with Crippen molar-refractivity contribution in [2.45, 2.75) is 24.1 Å². The molecule has 0 unspecified atom stereocenters. The van der Waals surface area contributed by atoms with Crippen LogP contribution >= 0.6 is 0 Å². The Morgan fingerprint density at radius 3 is 2.41 bits per heavy atom. The first-order chi connectivity index (χ1) is 14.0. The van der Waals surface area contributed by atoms with Crippen molar-refractivity contribution in [2.75, 3.05) is 6.61 Å². The van der Waals surface area contributed by atoms with E-state index in [9.17, 15) is 13.2 Å². The van der Waals surface area contributed by atoms with Gasteiger partial charge in [-0.2, -0.15) is 0 Å². The summed E-state index contributed by atoms with van der Waals surface area (Å²) >= 11 is 0. The Balaban J connectivity index is 1.70. The van der Waals surface area contributed by atoms with Gasteiger partial charge in [-0.05, 0) is 42.8 Å². The fraction of sp³-hybridized carbons (Fsp3) is 0.174. The molecule has 6 heteroatoms. The highest BCUT2D eigenvalue weighted by Gasteiger charge is 2.16. The monoisotopic (exact) mass is 409 g/mol. The normalized spacial score (nSPS) is 11.1. The molecule has 5 nitrogen and oxygen atoms in total. The van der Waals surface area contributed by atoms with E-state index < -0.39 is 9.84 Å². The third kappa shape index (κ3) is 5.45. The minimum absolute atomic E-state index is 0.161. The molecule has 0 bridgehead atoms. The molecule has 0 aliphatic rings. The molecule has 0 radical (unpaired) electrons. The molecule has 0 spiro atoms. The van der Waals surface area contributed by atoms with Crippen molar-refractivity contribution in [1.29, 1.82) is 0 Å². The fourth-order valence-corrected chi connectivity index (χ4v) is 4.31.